The zero-order valence-electron chi connectivity index (χ0n) is 10.2. The minimum atomic E-state index is 0.828. The Morgan fingerprint density at radius 1 is 1.33 bits per heavy atom. The average molecular weight is 297 g/mol. The van der Waals surface area contributed by atoms with Crippen LogP contribution in [0, 0.1) is 0 Å². The van der Waals surface area contributed by atoms with E-state index in [1.54, 1.807) is 16.2 Å². The Morgan fingerprint density at radius 3 is 3.11 bits per heavy atom. The van der Waals surface area contributed by atoms with Crippen molar-refractivity contribution in [3.05, 3.63) is 21.5 Å². The SMILES string of the molecule is CCNCc1nnc(-c2cc3c(s2)CCSC3)s1. The summed E-state index contributed by atoms with van der Waals surface area (Å²) in [5, 5.41) is 14.0. The Balaban J connectivity index is 1.81. The number of thioether (sulfide) groups is 1. The lowest BCUT2D eigenvalue weighted by molar-refractivity contribution is 0.715. The summed E-state index contributed by atoms with van der Waals surface area (Å²) in [4.78, 5) is 2.84. The van der Waals surface area contributed by atoms with E-state index in [1.165, 1.54) is 22.6 Å². The molecule has 0 atom stereocenters. The maximum atomic E-state index is 4.31. The van der Waals surface area contributed by atoms with Crippen molar-refractivity contribution in [2.24, 2.45) is 0 Å². The molecule has 0 amide bonds. The van der Waals surface area contributed by atoms with Gasteiger partial charge in [0.25, 0.3) is 0 Å². The Labute approximate surface area is 119 Å². The van der Waals surface area contributed by atoms with Gasteiger partial charge in [0.15, 0.2) is 5.01 Å². The van der Waals surface area contributed by atoms with Gasteiger partial charge in [-0.3, -0.25) is 0 Å². The summed E-state index contributed by atoms with van der Waals surface area (Å²) in [6.45, 7) is 3.90. The molecule has 3 heterocycles. The Morgan fingerprint density at radius 2 is 2.28 bits per heavy atom. The monoisotopic (exact) mass is 297 g/mol. The van der Waals surface area contributed by atoms with Crippen LogP contribution in [0.25, 0.3) is 9.88 Å². The Kier molecular flexibility index (Phi) is 3.98. The fraction of sp³-hybridized carbons (Fsp3) is 0.500. The van der Waals surface area contributed by atoms with Gasteiger partial charge in [0, 0.05) is 17.2 Å². The zero-order chi connectivity index (χ0) is 12.4. The molecule has 0 spiro atoms. The molecule has 0 radical (unpaired) electrons. The first kappa shape index (κ1) is 12.6. The van der Waals surface area contributed by atoms with E-state index in [2.05, 4.69) is 28.5 Å². The number of nitrogens with one attached hydrogen (secondary N) is 1. The summed E-state index contributed by atoms with van der Waals surface area (Å²) in [5.41, 5.74) is 1.51. The van der Waals surface area contributed by atoms with Crippen LogP contribution in [-0.2, 0) is 18.7 Å². The second-order valence-corrected chi connectivity index (χ2v) is 7.45. The molecule has 2 aromatic rings. The smallest absolute Gasteiger partial charge is 0.157 e. The van der Waals surface area contributed by atoms with Crippen molar-refractivity contribution in [3.63, 3.8) is 0 Å². The normalized spacial score (nSPS) is 14.7. The molecule has 6 heteroatoms. The first-order chi connectivity index (χ1) is 8.86. The van der Waals surface area contributed by atoms with Gasteiger partial charge >= 0.3 is 0 Å². The molecule has 0 saturated heterocycles. The third-order valence-corrected chi connectivity index (χ3v) is 6.17. The summed E-state index contributed by atoms with van der Waals surface area (Å²) in [5.74, 6) is 2.42. The molecule has 3 rings (SSSR count). The van der Waals surface area contributed by atoms with Gasteiger partial charge in [0.1, 0.15) is 5.01 Å². The van der Waals surface area contributed by atoms with Gasteiger partial charge < -0.3 is 5.32 Å². The molecule has 1 aliphatic rings. The Bertz CT molecular complexity index is 509. The van der Waals surface area contributed by atoms with Crippen LogP contribution in [0.5, 0.6) is 0 Å². The number of rotatable bonds is 4. The van der Waals surface area contributed by atoms with Gasteiger partial charge in [-0.2, -0.15) is 11.8 Å². The van der Waals surface area contributed by atoms with E-state index in [0.29, 0.717) is 0 Å². The topological polar surface area (TPSA) is 37.8 Å². The molecule has 18 heavy (non-hydrogen) atoms. The van der Waals surface area contributed by atoms with Crippen molar-refractivity contribution < 1.29 is 0 Å². The molecule has 0 saturated carbocycles. The molecule has 3 nitrogen and oxygen atoms in total. The number of hydrogen-bond acceptors (Lipinski definition) is 6. The highest BCUT2D eigenvalue weighted by Crippen LogP contribution is 2.37. The quantitative estimate of drug-likeness (QED) is 0.940. The van der Waals surface area contributed by atoms with Crippen molar-refractivity contribution >= 4 is 34.4 Å². The lowest BCUT2D eigenvalue weighted by atomic mass is 10.2. The van der Waals surface area contributed by atoms with E-state index in [9.17, 15) is 0 Å². The molecule has 0 unspecified atom stereocenters. The van der Waals surface area contributed by atoms with Crippen LogP contribution in [0.2, 0.25) is 0 Å². The standard InChI is InChI=1S/C12H15N3S3/c1-2-13-6-11-14-15-12(18-11)10-5-8-7-16-4-3-9(8)17-10/h5,13H,2-4,6-7H2,1H3. The molecule has 0 aromatic carbocycles. The summed E-state index contributed by atoms with van der Waals surface area (Å²) >= 11 is 5.63. The second kappa shape index (κ2) is 5.69. The van der Waals surface area contributed by atoms with Crippen molar-refractivity contribution in [2.45, 2.75) is 25.6 Å². The molecule has 2 aromatic heterocycles. The van der Waals surface area contributed by atoms with Gasteiger partial charge in [-0.25, -0.2) is 0 Å². The lowest BCUT2D eigenvalue weighted by Gasteiger charge is -2.08. The highest BCUT2D eigenvalue weighted by molar-refractivity contribution is 7.98. The molecule has 0 aliphatic carbocycles. The number of hydrogen-bond donors (Lipinski definition) is 1. The van der Waals surface area contributed by atoms with E-state index in [4.69, 9.17) is 0 Å². The van der Waals surface area contributed by atoms with Crippen molar-refractivity contribution in [1.82, 2.24) is 15.5 Å². The van der Waals surface area contributed by atoms with E-state index in [0.717, 1.165) is 28.9 Å². The van der Waals surface area contributed by atoms with E-state index in [1.807, 2.05) is 23.1 Å². The van der Waals surface area contributed by atoms with E-state index in [-0.39, 0.29) is 0 Å². The van der Waals surface area contributed by atoms with Gasteiger partial charge in [0.2, 0.25) is 0 Å². The third kappa shape index (κ3) is 2.61. The van der Waals surface area contributed by atoms with E-state index < -0.39 is 0 Å². The maximum Gasteiger partial charge on any atom is 0.157 e. The number of fused-ring (bicyclic) bond motifs is 1. The molecule has 96 valence electrons. The van der Waals surface area contributed by atoms with Gasteiger partial charge in [-0.05, 0) is 30.3 Å². The molecular weight excluding hydrogens is 282 g/mol. The van der Waals surface area contributed by atoms with Crippen LogP contribution in [-0.4, -0.2) is 22.5 Å². The maximum absolute atomic E-state index is 4.31. The van der Waals surface area contributed by atoms with Gasteiger partial charge in [-0.15, -0.1) is 21.5 Å². The number of thiophene rings is 1. The van der Waals surface area contributed by atoms with E-state index >= 15 is 0 Å². The fourth-order valence-corrected chi connectivity index (χ4v) is 5.13. The predicted molar refractivity (Wildman–Crippen MR) is 80.5 cm³/mol. The van der Waals surface area contributed by atoms with Gasteiger partial charge in [0.05, 0.1) is 4.88 Å². The van der Waals surface area contributed by atoms with Crippen LogP contribution < -0.4 is 5.32 Å². The zero-order valence-corrected chi connectivity index (χ0v) is 12.7. The molecular formula is C12H15N3S3. The molecule has 1 aliphatic heterocycles. The first-order valence-corrected chi connectivity index (χ1v) is 8.88. The summed E-state index contributed by atoms with van der Waals surface area (Å²) in [7, 11) is 0. The van der Waals surface area contributed by atoms with Crippen molar-refractivity contribution in [2.75, 3.05) is 12.3 Å². The Hall–Kier alpha value is -0.430. The number of aromatic nitrogens is 2. The fourth-order valence-electron chi connectivity index (χ4n) is 1.91. The van der Waals surface area contributed by atoms with Crippen LogP contribution in [0.3, 0.4) is 0 Å². The predicted octanol–water partition coefficient (Wildman–Crippen LogP) is 3.17. The van der Waals surface area contributed by atoms with Crippen LogP contribution in [0.15, 0.2) is 6.07 Å². The number of aryl methyl sites for hydroxylation is 1. The lowest BCUT2D eigenvalue weighted by Crippen LogP contribution is -2.11. The second-order valence-electron chi connectivity index (χ2n) is 4.14. The molecule has 0 bridgehead atoms. The average Bonchev–Trinajstić information content (AvgIpc) is 3.02. The van der Waals surface area contributed by atoms with Crippen LogP contribution >= 0.6 is 34.4 Å². The highest BCUT2D eigenvalue weighted by atomic mass is 32.2. The number of nitrogens with zero attached hydrogens (tertiary/aromatic N) is 2. The van der Waals surface area contributed by atoms with Crippen LogP contribution in [0.4, 0.5) is 0 Å². The van der Waals surface area contributed by atoms with Crippen LogP contribution in [0.1, 0.15) is 22.4 Å². The summed E-state index contributed by atoms with van der Waals surface area (Å²) in [6.07, 6.45) is 1.22. The third-order valence-electron chi connectivity index (χ3n) is 2.83. The minimum absolute atomic E-state index is 0.828. The summed E-state index contributed by atoms with van der Waals surface area (Å²) in [6, 6.07) is 2.31. The first-order valence-electron chi connectivity index (χ1n) is 6.09. The summed E-state index contributed by atoms with van der Waals surface area (Å²) < 4.78 is 0. The molecule has 0 fully saturated rings. The minimum Gasteiger partial charge on any atom is -0.311 e. The van der Waals surface area contributed by atoms with Crippen molar-refractivity contribution in [3.8, 4) is 9.88 Å². The molecule has 1 N–H and O–H groups in total. The van der Waals surface area contributed by atoms with Gasteiger partial charge in [-0.1, -0.05) is 18.3 Å². The largest absolute Gasteiger partial charge is 0.311 e. The van der Waals surface area contributed by atoms with Crippen molar-refractivity contribution in [1.29, 1.82) is 0 Å². The highest BCUT2D eigenvalue weighted by Gasteiger charge is 2.16.